The third-order valence-electron chi connectivity index (χ3n) is 1.98. The van der Waals surface area contributed by atoms with Gasteiger partial charge in [0.1, 0.15) is 0 Å². The third kappa shape index (κ3) is 1.95. The Hall–Kier alpha value is -0.0800. The van der Waals surface area contributed by atoms with Gasteiger partial charge in [-0.3, -0.25) is 0 Å². The maximum absolute atomic E-state index is 3.96. The fourth-order valence-corrected chi connectivity index (χ4v) is 1.48. The minimum absolute atomic E-state index is 0.877. The zero-order chi connectivity index (χ0) is 6.69. The predicted octanol–water partition coefficient (Wildman–Crippen LogP) is -1.10. The highest BCUT2D eigenvalue weighted by molar-refractivity contribution is 4.63. The first-order valence-electron chi connectivity index (χ1n) is 3.64. The van der Waals surface area contributed by atoms with Gasteiger partial charge in [-0.15, -0.1) is 0 Å². The van der Waals surface area contributed by atoms with Gasteiger partial charge in [-0.25, -0.2) is 0 Å². The summed E-state index contributed by atoms with van der Waals surface area (Å²) in [6.45, 7) is 3.67. The summed E-state index contributed by atoms with van der Waals surface area (Å²) in [7, 11) is 5.97. The number of nitrogens with one attached hydrogen (secondary N) is 2. The summed E-state index contributed by atoms with van der Waals surface area (Å²) in [5.74, 6) is 0.877. The first-order valence-corrected chi connectivity index (χ1v) is 3.64. The van der Waals surface area contributed by atoms with Gasteiger partial charge >= 0.3 is 0 Å². The molecule has 0 amide bonds. The molecule has 1 rings (SSSR count). The van der Waals surface area contributed by atoms with Gasteiger partial charge in [0.05, 0.1) is 13.1 Å². The second-order valence-electron chi connectivity index (χ2n) is 2.92. The van der Waals surface area contributed by atoms with Crippen LogP contribution in [-0.2, 0) is 0 Å². The number of quaternary nitrogens is 1. The van der Waals surface area contributed by atoms with Crippen LogP contribution in [0.15, 0.2) is 0 Å². The zero-order valence-corrected chi connectivity index (χ0v) is 6.11. The summed E-state index contributed by atoms with van der Waals surface area (Å²) in [5, 5.41) is 3.19. The topological polar surface area (TPSA) is 16.5 Å². The van der Waals surface area contributed by atoms with Crippen LogP contribution >= 0.6 is 0 Å². The Balaban J connectivity index is 2.14. The standard InChI is InChI=1S/C7H16N2/c1-8-5-7-3-4-9(2)6-7/h7-9H,2-6H2,1H3/t7-/m1/s1. The van der Waals surface area contributed by atoms with E-state index in [1.54, 1.807) is 0 Å². The molecule has 1 unspecified atom stereocenters. The van der Waals surface area contributed by atoms with Crippen LogP contribution in [0.4, 0.5) is 0 Å². The molecule has 0 aliphatic carbocycles. The number of hydrogen-bond donors (Lipinski definition) is 2. The van der Waals surface area contributed by atoms with Gasteiger partial charge in [0.15, 0.2) is 0 Å². The van der Waals surface area contributed by atoms with Crippen molar-refractivity contribution in [1.29, 1.82) is 0 Å². The lowest BCUT2D eigenvalue weighted by Crippen LogP contribution is -3.04. The lowest BCUT2D eigenvalue weighted by atomic mass is 10.1. The molecule has 2 atom stereocenters. The van der Waals surface area contributed by atoms with Crippen molar-refractivity contribution in [2.24, 2.45) is 5.92 Å². The van der Waals surface area contributed by atoms with Gasteiger partial charge in [-0.2, -0.15) is 7.05 Å². The fraction of sp³-hybridized carbons (Fsp3) is 0.857. The molecule has 1 fully saturated rings. The number of rotatable bonds is 2. The summed E-state index contributed by atoms with van der Waals surface area (Å²) in [6, 6.07) is 0. The molecular weight excluding hydrogens is 112 g/mol. The predicted molar refractivity (Wildman–Crippen MR) is 38.1 cm³/mol. The van der Waals surface area contributed by atoms with E-state index < -0.39 is 0 Å². The van der Waals surface area contributed by atoms with E-state index >= 15 is 0 Å². The van der Waals surface area contributed by atoms with Crippen molar-refractivity contribution in [2.45, 2.75) is 6.42 Å². The van der Waals surface area contributed by atoms with Crippen molar-refractivity contribution in [3.8, 4) is 0 Å². The summed E-state index contributed by atoms with van der Waals surface area (Å²) in [4.78, 5) is 1.44. The average molecular weight is 128 g/mol. The van der Waals surface area contributed by atoms with Crippen LogP contribution in [0.3, 0.4) is 0 Å². The highest BCUT2D eigenvalue weighted by atomic mass is 15.1. The monoisotopic (exact) mass is 128 g/mol. The zero-order valence-electron chi connectivity index (χ0n) is 6.11. The molecule has 1 aliphatic rings. The Morgan fingerprint density at radius 1 is 1.78 bits per heavy atom. The molecule has 1 heterocycles. The van der Waals surface area contributed by atoms with E-state index in [9.17, 15) is 0 Å². The first kappa shape index (κ1) is 7.03. The van der Waals surface area contributed by atoms with Gasteiger partial charge in [-0.05, 0) is 7.05 Å². The van der Waals surface area contributed by atoms with Gasteiger partial charge in [0.2, 0.25) is 0 Å². The molecule has 2 nitrogen and oxygen atoms in total. The van der Waals surface area contributed by atoms with Crippen LogP contribution in [-0.4, -0.2) is 26.7 Å². The minimum atomic E-state index is 0.877. The maximum Gasteiger partial charge on any atom is 0.0573 e. The van der Waals surface area contributed by atoms with E-state index in [-0.39, 0.29) is 0 Å². The molecule has 0 spiro atoms. The minimum Gasteiger partial charge on any atom is -0.468 e. The maximum atomic E-state index is 3.96. The normalized spacial score (nSPS) is 35.3. The van der Waals surface area contributed by atoms with E-state index in [2.05, 4.69) is 12.4 Å². The Bertz CT molecular complexity index is 81.0. The largest absolute Gasteiger partial charge is 0.468 e. The molecule has 0 aromatic heterocycles. The lowest BCUT2D eigenvalue weighted by Gasteiger charge is -2.12. The summed E-state index contributed by atoms with van der Waals surface area (Å²) in [6.07, 6.45) is 1.35. The molecule has 0 bridgehead atoms. The van der Waals surface area contributed by atoms with Gasteiger partial charge in [0, 0.05) is 18.9 Å². The molecule has 1 saturated heterocycles. The number of hydrogen-bond acceptors (Lipinski definition) is 1. The second kappa shape index (κ2) is 3.18. The molecule has 2 heteroatoms. The molecular formula is C7H16N2. The molecule has 0 aromatic rings. The summed E-state index contributed by atoms with van der Waals surface area (Å²) < 4.78 is 0. The molecule has 0 aromatic carbocycles. The average Bonchev–Trinajstić information content (AvgIpc) is 2.17. The molecule has 54 valence electrons. The van der Waals surface area contributed by atoms with Crippen molar-refractivity contribution in [3.05, 3.63) is 7.05 Å². The Morgan fingerprint density at radius 3 is 3.00 bits per heavy atom. The van der Waals surface area contributed by atoms with E-state index in [4.69, 9.17) is 0 Å². The van der Waals surface area contributed by atoms with E-state index in [0.29, 0.717) is 0 Å². The van der Waals surface area contributed by atoms with Crippen LogP contribution in [0.1, 0.15) is 6.42 Å². The Labute approximate surface area is 57.2 Å². The van der Waals surface area contributed by atoms with Crippen molar-refractivity contribution in [2.75, 3.05) is 26.7 Å². The Morgan fingerprint density at radius 2 is 2.56 bits per heavy atom. The highest BCUT2D eigenvalue weighted by Gasteiger charge is 2.18. The van der Waals surface area contributed by atoms with E-state index in [0.717, 1.165) is 5.92 Å². The van der Waals surface area contributed by atoms with Crippen LogP contribution in [0.2, 0.25) is 0 Å². The number of likely N-dealkylation sites (tertiary alicyclic amines) is 1. The molecule has 0 saturated carbocycles. The second-order valence-corrected chi connectivity index (χ2v) is 2.92. The highest BCUT2D eigenvalue weighted by Crippen LogP contribution is 2.00. The molecule has 2 N–H and O–H groups in total. The Kier molecular flexibility index (Phi) is 2.49. The molecule has 1 aliphatic heterocycles. The SMILES string of the molecule is [CH2-][NH+]1CC[C@H](CNC)C1. The van der Waals surface area contributed by atoms with Crippen molar-refractivity contribution >= 4 is 0 Å². The van der Waals surface area contributed by atoms with E-state index in [1.807, 2.05) is 7.05 Å². The van der Waals surface area contributed by atoms with Crippen molar-refractivity contribution < 1.29 is 4.90 Å². The smallest absolute Gasteiger partial charge is 0.0573 e. The van der Waals surface area contributed by atoms with Crippen LogP contribution in [0.25, 0.3) is 0 Å². The molecule has 0 radical (unpaired) electrons. The van der Waals surface area contributed by atoms with Crippen LogP contribution in [0.5, 0.6) is 0 Å². The van der Waals surface area contributed by atoms with Crippen LogP contribution in [0, 0.1) is 13.0 Å². The van der Waals surface area contributed by atoms with Crippen molar-refractivity contribution in [1.82, 2.24) is 5.32 Å². The third-order valence-corrected chi connectivity index (χ3v) is 1.98. The van der Waals surface area contributed by atoms with Crippen molar-refractivity contribution in [3.63, 3.8) is 0 Å². The first-order chi connectivity index (χ1) is 4.33. The summed E-state index contributed by atoms with van der Waals surface area (Å²) in [5.41, 5.74) is 0. The van der Waals surface area contributed by atoms with Gasteiger partial charge in [0.25, 0.3) is 0 Å². The van der Waals surface area contributed by atoms with E-state index in [1.165, 1.54) is 31.0 Å². The summed E-state index contributed by atoms with van der Waals surface area (Å²) >= 11 is 0. The van der Waals surface area contributed by atoms with Gasteiger partial charge in [-0.1, -0.05) is 0 Å². The van der Waals surface area contributed by atoms with Gasteiger partial charge < -0.3 is 10.2 Å². The fourth-order valence-electron chi connectivity index (χ4n) is 1.48. The quantitative estimate of drug-likeness (QED) is 0.451. The molecule has 9 heavy (non-hydrogen) atoms. The van der Waals surface area contributed by atoms with Crippen LogP contribution < -0.4 is 10.2 Å². The lowest BCUT2D eigenvalue weighted by molar-refractivity contribution is -0.841.